The summed E-state index contributed by atoms with van der Waals surface area (Å²) < 4.78 is 40.5. The molecule has 1 amide bonds. The minimum Gasteiger partial charge on any atom is -0.337 e. The van der Waals surface area contributed by atoms with Gasteiger partial charge in [-0.3, -0.25) is 4.79 Å². The van der Waals surface area contributed by atoms with E-state index in [2.05, 4.69) is 0 Å². The van der Waals surface area contributed by atoms with Crippen molar-refractivity contribution in [3.8, 4) is 0 Å². The third kappa shape index (κ3) is 3.28. The molecular weight excluding hydrogens is 317 g/mol. The Labute approximate surface area is 137 Å². The monoisotopic (exact) mass is 334 g/mol. The maximum atomic E-state index is 14.0. The Kier molecular flexibility index (Phi) is 4.57. The Bertz CT molecular complexity index is 751. The summed E-state index contributed by atoms with van der Waals surface area (Å²) in [7, 11) is 0. The average Bonchev–Trinajstić information content (AvgIpc) is 2.55. The van der Waals surface area contributed by atoms with Gasteiger partial charge >= 0.3 is 0 Å². The van der Waals surface area contributed by atoms with Crippen molar-refractivity contribution >= 4 is 5.91 Å². The average molecular weight is 334 g/mol. The Balaban J connectivity index is 1.78. The van der Waals surface area contributed by atoms with Crippen LogP contribution in [0.25, 0.3) is 0 Å². The molecule has 0 aromatic heterocycles. The maximum absolute atomic E-state index is 14.0. The molecule has 2 aromatic carbocycles. The van der Waals surface area contributed by atoms with E-state index >= 15 is 0 Å². The largest absolute Gasteiger partial charge is 0.337 e. The van der Waals surface area contributed by atoms with Crippen LogP contribution in [0.2, 0.25) is 0 Å². The predicted molar refractivity (Wildman–Crippen MR) is 83.5 cm³/mol. The van der Waals surface area contributed by atoms with Crippen molar-refractivity contribution in [1.29, 1.82) is 0 Å². The van der Waals surface area contributed by atoms with Gasteiger partial charge in [-0.25, -0.2) is 13.2 Å². The SMILES string of the molecule is N[C@H]1CN(Cc2ccccc2)C(=O)C[C@@H]1c1cc(F)c(F)cc1F. The van der Waals surface area contributed by atoms with Crippen molar-refractivity contribution in [3.63, 3.8) is 0 Å². The lowest BCUT2D eigenvalue weighted by Gasteiger charge is -2.36. The minimum atomic E-state index is -1.25. The number of amides is 1. The van der Waals surface area contributed by atoms with Crippen molar-refractivity contribution in [2.45, 2.75) is 24.9 Å². The minimum absolute atomic E-state index is 0.0318. The smallest absolute Gasteiger partial charge is 0.223 e. The zero-order valence-electron chi connectivity index (χ0n) is 12.9. The summed E-state index contributed by atoms with van der Waals surface area (Å²) in [5, 5.41) is 0. The fourth-order valence-corrected chi connectivity index (χ4v) is 3.07. The predicted octanol–water partition coefficient (Wildman–Crippen LogP) is 2.95. The lowest BCUT2D eigenvalue weighted by Crippen LogP contribution is -2.50. The molecule has 1 aliphatic heterocycles. The van der Waals surface area contributed by atoms with Crippen LogP contribution in [0.3, 0.4) is 0 Å². The molecule has 0 spiro atoms. The van der Waals surface area contributed by atoms with Gasteiger partial charge in [0.1, 0.15) is 5.82 Å². The number of piperidine rings is 1. The lowest BCUT2D eigenvalue weighted by atomic mass is 9.84. The second-order valence-electron chi connectivity index (χ2n) is 6.02. The molecule has 1 heterocycles. The van der Waals surface area contributed by atoms with Crippen LogP contribution in [0.15, 0.2) is 42.5 Å². The number of hydrogen-bond donors (Lipinski definition) is 1. The van der Waals surface area contributed by atoms with E-state index in [1.807, 2.05) is 30.3 Å². The molecule has 6 heteroatoms. The van der Waals surface area contributed by atoms with Gasteiger partial charge < -0.3 is 10.6 Å². The second-order valence-corrected chi connectivity index (χ2v) is 6.02. The first-order valence-corrected chi connectivity index (χ1v) is 7.67. The molecule has 0 saturated carbocycles. The van der Waals surface area contributed by atoms with Crippen molar-refractivity contribution in [3.05, 3.63) is 71.0 Å². The lowest BCUT2D eigenvalue weighted by molar-refractivity contribution is -0.135. The summed E-state index contributed by atoms with van der Waals surface area (Å²) in [4.78, 5) is 14.0. The molecule has 24 heavy (non-hydrogen) atoms. The molecule has 1 aliphatic rings. The molecule has 3 nitrogen and oxygen atoms in total. The first kappa shape index (κ1) is 16.5. The van der Waals surface area contributed by atoms with E-state index in [9.17, 15) is 18.0 Å². The van der Waals surface area contributed by atoms with Gasteiger partial charge in [-0.05, 0) is 17.2 Å². The van der Waals surface area contributed by atoms with E-state index in [0.717, 1.165) is 11.6 Å². The summed E-state index contributed by atoms with van der Waals surface area (Å²) in [5.74, 6) is -4.12. The molecule has 0 aliphatic carbocycles. The number of carbonyl (C=O) groups is 1. The third-order valence-corrected chi connectivity index (χ3v) is 4.35. The summed E-state index contributed by atoms with van der Waals surface area (Å²) >= 11 is 0. The number of benzene rings is 2. The van der Waals surface area contributed by atoms with Crippen LogP contribution in [-0.4, -0.2) is 23.4 Å². The number of nitrogens with two attached hydrogens (primary N) is 1. The van der Waals surface area contributed by atoms with E-state index in [-0.39, 0.29) is 24.4 Å². The summed E-state index contributed by atoms with van der Waals surface area (Å²) in [5.41, 5.74) is 7.02. The first-order valence-electron chi connectivity index (χ1n) is 7.67. The first-order chi connectivity index (χ1) is 11.5. The second kappa shape index (κ2) is 6.65. The van der Waals surface area contributed by atoms with Gasteiger partial charge in [0.05, 0.1) is 0 Å². The van der Waals surface area contributed by atoms with Crippen molar-refractivity contribution in [2.75, 3.05) is 6.54 Å². The van der Waals surface area contributed by atoms with Crippen molar-refractivity contribution in [2.24, 2.45) is 5.73 Å². The topological polar surface area (TPSA) is 46.3 Å². The van der Waals surface area contributed by atoms with Gasteiger partial charge in [-0.1, -0.05) is 30.3 Å². The highest BCUT2D eigenvalue weighted by molar-refractivity contribution is 5.78. The molecule has 3 rings (SSSR count). The van der Waals surface area contributed by atoms with Crippen LogP contribution < -0.4 is 5.73 Å². The van der Waals surface area contributed by atoms with E-state index in [1.165, 1.54) is 0 Å². The zero-order valence-corrected chi connectivity index (χ0v) is 12.9. The van der Waals surface area contributed by atoms with Crippen LogP contribution in [-0.2, 0) is 11.3 Å². The Morgan fingerprint density at radius 1 is 1.04 bits per heavy atom. The molecule has 0 bridgehead atoms. The number of likely N-dealkylation sites (tertiary alicyclic amines) is 1. The van der Waals surface area contributed by atoms with Crippen LogP contribution in [0.1, 0.15) is 23.5 Å². The normalized spacial score (nSPS) is 21.2. The molecular formula is C18H17F3N2O. The highest BCUT2D eigenvalue weighted by atomic mass is 19.2. The molecule has 2 atom stereocenters. The Morgan fingerprint density at radius 3 is 2.42 bits per heavy atom. The fraction of sp³-hybridized carbons (Fsp3) is 0.278. The van der Waals surface area contributed by atoms with Gasteiger partial charge in [0.2, 0.25) is 5.91 Å². The summed E-state index contributed by atoms with van der Waals surface area (Å²) in [6.45, 7) is 0.650. The number of hydrogen-bond acceptors (Lipinski definition) is 2. The Hall–Kier alpha value is -2.34. The molecule has 2 aromatic rings. The van der Waals surface area contributed by atoms with Crippen LogP contribution in [0.4, 0.5) is 13.2 Å². The van der Waals surface area contributed by atoms with E-state index in [1.54, 1.807) is 4.90 Å². The Morgan fingerprint density at radius 2 is 1.71 bits per heavy atom. The van der Waals surface area contributed by atoms with Crippen LogP contribution in [0, 0.1) is 17.5 Å². The summed E-state index contributed by atoms with van der Waals surface area (Å²) in [6, 6.07) is 10.2. The van der Waals surface area contributed by atoms with E-state index in [0.29, 0.717) is 12.6 Å². The molecule has 0 radical (unpaired) electrons. The van der Waals surface area contributed by atoms with Gasteiger partial charge in [-0.15, -0.1) is 0 Å². The van der Waals surface area contributed by atoms with Gasteiger partial charge in [0.25, 0.3) is 0 Å². The quantitative estimate of drug-likeness (QED) is 0.877. The molecule has 126 valence electrons. The number of halogens is 3. The van der Waals surface area contributed by atoms with Gasteiger partial charge in [0.15, 0.2) is 11.6 Å². The van der Waals surface area contributed by atoms with E-state index < -0.39 is 29.4 Å². The molecule has 0 unspecified atom stereocenters. The number of rotatable bonds is 3. The van der Waals surface area contributed by atoms with Gasteiger partial charge in [-0.2, -0.15) is 0 Å². The fourth-order valence-electron chi connectivity index (χ4n) is 3.07. The van der Waals surface area contributed by atoms with Crippen LogP contribution >= 0.6 is 0 Å². The van der Waals surface area contributed by atoms with Crippen molar-refractivity contribution < 1.29 is 18.0 Å². The standard InChI is InChI=1S/C18H17F3N2O/c19-14-8-16(21)15(20)6-12(14)13-7-18(24)23(10-17(13)22)9-11-4-2-1-3-5-11/h1-6,8,13,17H,7,9-10,22H2/t13-,17+/m1/s1. The van der Waals surface area contributed by atoms with E-state index in [4.69, 9.17) is 5.73 Å². The third-order valence-electron chi connectivity index (χ3n) is 4.35. The summed E-state index contributed by atoms with van der Waals surface area (Å²) in [6.07, 6.45) is -0.0318. The number of carbonyl (C=O) groups excluding carboxylic acids is 1. The maximum Gasteiger partial charge on any atom is 0.223 e. The number of nitrogens with zero attached hydrogens (tertiary/aromatic N) is 1. The molecule has 2 N–H and O–H groups in total. The molecule has 1 saturated heterocycles. The molecule has 1 fully saturated rings. The van der Waals surface area contributed by atoms with Crippen LogP contribution in [0.5, 0.6) is 0 Å². The van der Waals surface area contributed by atoms with Gasteiger partial charge in [0, 0.05) is 37.5 Å². The highest BCUT2D eigenvalue weighted by Crippen LogP contribution is 2.31. The highest BCUT2D eigenvalue weighted by Gasteiger charge is 2.34. The zero-order chi connectivity index (χ0) is 17.3. The van der Waals surface area contributed by atoms with Crippen molar-refractivity contribution in [1.82, 2.24) is 4.90 Å².